The van der Waals surface area contributed by atoms with Crippen molar-refractivity contribution in [3.8, 4) is 0 Å². The first-order valence-electron chi connectivity index (χ1n) is 4.33. The zero-order chi connectivity index (χ0) is 10.5. The van der Waals surface area contributed by atoms with Crippen molar-refractivity contribution in [1.82, 2.24) is 5.32 Å². The molecule has 0 radical (unpaired) electrons. The van der Waals surface area contributed by atoms with E-state index >= 15 is 0 Å². The second-order valence-corrected chi connectivity index (χ2v) is 3.22. The van der Waals surface area contributed by atoms with E-state index in [0.717, 1.165) is 0 Å². The number of hydrogen-bond donors (Lipinski definition) is 1. The molecule has 0 fully saturated rings. The lowest BCUT2D eigenvalue weighted by Crippen LogP contribution is -2.41. The Morgan fingerprint density at radius 3 is 2.23 bits per heavy atom. The van der Waals surface area contributed by atoms with Crippen molar-refractivity contribution >= 4 is 0 Å². The highest BCUT2D eigenvalue weighted by atomic mass is 19.4. The van der Waals surface area contributed by atoms with Crippen LogP contribution >= 0.6 is 0 Å². The standard InChI is InChI=1S/C9H16F3N/c1-4-5-13-8(6-7(2)3)9(10,11)12/h6,8,13H,4-5H2,1-3H3. The van der Waals surface area contributed by atoms with Gasteiger partial charge in [0.1, 0.15) is 6.04 Å². The third-order valence-electron chi connectivity index (χ3n) is 1.47. The summed E-state index contributed by atoms with van der Waals surface area (Å²) >= 11 is 0. The van der Waals surface area contributed by atoms with Crippen molar-refractivity contribution in [2.75, 3.05) is 6.54 Å². The van der Waals surface area contributed by atoms with E-state index in [-0.39, 0.29) is 0 Å². The highest BCUT2D eigenvalue weighted by Crippen LogP contribution is 2.21. The summed E-state index contributed by atoms with van der Waals surface area (Å²) in [5.41, 5.74) is 0.672. The number of alkyl halides is 3. The Balaban J connectivity index is 4.29. The van der Waals surface area contributed by atoms with Gasteiger partial charge in [-0.3, -0.25) is 0 Å². The molecule has 78 valence electrons. The SMILES string of the molecule is CCCNC(C=C(C)C)C(F)(F)F. The van der Waals surface area contributed by atoms with Crippen LogP contribution in [0.5, 0.6) is 0 Å². The van der Waals surface area contributed by atoms with Gasteiger partial charge in [-0.05, 0) is 26.8 Å². The largest absolute Gasteiger partial charge is 0.407 e. The van der Waals surface area contributed by atoms with Gasteiger partial charge in [-0.1, -0.05) is 18.6 Å². The summed E-state index contributed by atoms with van der Waals surface area (Å²) in [6, 6.07) is -1.50. The van der Waals surface area contributed by atoms with Gasteiger partial charge >= 0.3 is 6.18 Å². The topological polar surface area (TPSA) is 12.0 Å². The molecule has 1 unspecified atom stereocenters. The van der Waals surface area contributed by atoms with Gasteiger partial charge in [-0.2, -0.15) is 13.2 Å². The van der Waals surface area contributed by atoms with Crippen molar-refractivity contribution in [2.24, 2.45) is 0 Å². The van der Waals surface area contributed by atoms with Gasteiger partial charge in [0.15, 0.2) is 0 Å². The van der Waals surface area contributed by atoms with Crippen molar-refractivity contribution < 1.29 is 13.2 Å². The maximum atomic E-state index is 12.3. The number of allylic oxidation sites excluding steroid dienone is 1. The maximum absolute atomic E-state index is 12.3. The predicted octanol–water partition coefficient (Wildman–Crippen LogP) is 2.88. The van der Waals surface area contributed by atoms with Crippen LogP contribution in [0.3, 0.4) is 0 Å². The van der Waals surface area contributed by atoms with E-state index in [2.05, 4.69) is 5.32 Å². The fourth-order valence-corrected chi connectivity index (χ4v) is 0.902. The molecule has 13 heavy (non-hydrogen) atoms. The molecule has 0 spiro atoms. The Labute approximate surface area is 77.0 Å². The Morgan fingerprint density at radius 2 is 1.92 bits per heavy atom. The molecule has 0 saturated heterocycles. The summed E-state index contributed by atoms with van der Waals surface area (Å²) in [5.74, 6) is 0. The van der Waals surface area contributed by atoms with E-state index in [1.807, 2.05) is 6.92 Å². The van der Waals surface area contributed by atoms with Crippen LogP contribution < -0.4 is 5.32 Å². The third-order valence-corrected chi connectivity index (χ3v) is 1.47. The first kappa shape index (κ1) is 12.5. The van der Waals surface area contributed by atoms with E-state index in [1.165, 1.54) is 6.08 Å². The fraction of sp³-hybridized carbons (Fsp3) is 0.778. The van der Waals surface area contributed by atoms with Crippen LogP contribution in [0.25, 0.3) is 0 Å². The molecule has 4 heteroatoms. The predicted molar refractivity (Wildman–Crippen MR) is 47.6 cm³/mol. The van der Waals surface area contributed by atoms with Gasteiger partial charge in [-0.25, -0.2) is 0 Å². The zero-order valence-corrected chi connectivity index (χ0v) is 8.20. The van der Waals surface area contributed by atoms with E-state index in [1.54, 1.807) is 13.8 Å². The molecule has 0 aliphatic heterocycles. The lowest BCUT2D eigenvalue weighted by Gasteiger charge is -2.18. The van der Waals surface area contributed by atoms with Crippen LogP contribution in [0.4, 0.5) is 13.2 Å². The first-order chi connectivity index (χ1) is 5.88. The number of rotatable bonds is 4. The summed E-state index contributed by atoms with van der Waals surface area (Å²) < 4.78 is 36.9. The molecule has 0 aromatic rings. The molecule has 0 aromatic carbocycles. The molecular weight excluding hydrogens is 179 g/mol. The quantitative estimate of drug-likeness (QED) is 0.680. The van der Waals surface area contributed by atoms with Gasteiger partial charge in [0.05, 0.1) is 0 Å². The second-order valence-electron chi connectivity index (χ2n) is 3.22. The van der Waals surface area contributed by atoms with E-state index in [4.69, 9.17) is 0 Å². The molecule has 1 N–H and O–H groups in total. The number of halogens is 3. The smallest absolute Gasteiger partial charge is 0.303 e. The van der Waals surface area contributed by atoms with Crippen molar-refractivity contribution in [1.29, 1.82) is 0 Å². The van der Waals surface area contributed by atoms with E-state index in [9.17, 15) is 13.2 Å². The van der Waals surface area contributed by atoms with Crippen molar-refractivity contribution in [3.63, 3.8) is 0 Å². The van der Waals surface area contributed by atoms with Gasteiger partial charge in [0.2, 0.25) is 0 Å². The fourth-order valence-electron chi connectivity index (χ4n) is 0.902. The van der Waals surface area contributed by atoms with Crippen LogP contribution in [0.2, 0.25) is 0 Å². The average Bonchev–Trinajstić information content (AvgIpc) is 1.95. The minimum Gasteiger partial charge on any atom is -0.303 e. The van der Waals surface area contributed by atoms with Gasteiger partial charge in [0, 0.05) is 0 Å². The molecule has 0 aliphatic rings. The molecule has 0 rings (SSSR count). The summed E-state index contributed by atoms with van der Waals surface area (Å²) in [7, 11) is 0. The number of nitrogens with one attached hydrogen (secondary N) is 1. The Morgan fingerprint density at radius 1 is 1.38 bits per heavy atom. The van der Waals surface area contributed by atoms with Crippen LogP contribution in [0.15, 0.2) is 11.6 Å². The van der Waals surface area contributed by atoms with Crippen LogP contribution in [-0.2, 0) is 0 Å². The molecule has 0 saturated carbocycles. The summed E-state index contributed by atoms with van der Waals surface area (Å²) in [5, 5.41) is 2.44. The van der Waals surface area contributed by atoms with Crippen molar-refractivity contribution in [3.05, 3.63) is 11.6 Å². The number of hydrogen-bond acceptors (Lipinski definition) is 1. The zero-order valence-electron chi connectivity index (χ0n) is 8.20. The minimum atomic E-state index is -4.19. The lowest BCUT2D eigenvalue weighted by atomic mass is 10.2. The monoisotopic (exact) mass is 195 g/mol. The highest BCUT2D eigenvalue weighted by Gasteiger charge is 2.37. The van der Waals surface area contributed by atoms with Gasteiger partial charge in [0.25, 0.3) is 0 Å². The Bertz CT molecular complexity index is 168. The second kappa shape index (κ2) is 5.27. The maximum Gasteiger partial charge on any atom is 0.407 e. The Kier molecular flexibility index (Phi) is 5.06. The van der Waals surface area contributed by atoms with Crippen molar-refractivity contribution in [2.45, 2.75) is 39.4 Å². The third kappa shape index (κ3) is 5.69. The van der Waals surface area contributed by atoms with Crippen LogP contribution in [0, 0.1) is 0 Å². The van der Waals surface area contributed by atoms with Gasteiger partial charge < -0.3 is 5.32 Å². The molecule has 0 amide bonds. The van der Waals surface area contributed by atoms with E-state index in [0.29, 0.717) is 18.5 Å². The minimum absolute atomic E-state index is 0.383. The molecular formula is C9H16F3N. The summed E-state index contributed by atoms with van der Waals surface area (Å²) in [6.07, 6.45) is -2.29. The average molecular weight is 195 g/mol. The summed E-state index contributed by atoms with van der Waals surface area (Å²) in [4.78, 5) is 0. The summed E-state index contributed by atoms with van der Waals surface area (Å²) in [6.45, 7) is 5.54. The molecule has 1 nitrogen and oxygen atoms in total. The molecule has 1 atom stereocenters. The van der Waals surface area contributed by atoms with Crippen LogP contribution in [0.1, 0.15) is 27.2 Å². The van der Waals surface area contributed by atoms with Crippen LogP contribution in [-0.4, -0.2) is 18.8 Å². The van der Waals surface area contributed by atoms with E-state index < -0.39 is 12.2 Å². The highest BCUT2D eigenvalue weighted by molar-refractivity contribution is 5.03. The molecule has 0 aliphatic carbocycles. The molecule has 0 bridgehead atoms. The Hall–Kier alpha value is -0.510. The van der Waals surface area contributed by atoms with Gasteiger partial charge in [-0.15, -0.1) is 0 Å². The normalized spacial score (nSPS) is 14.0. The lowest BCUT2D eigenvalue weighted by molar-refractivity contribution is -0.144. The first-order valence-corrected chi connectivity index (χ1v) is 4.33. The molecule has 0 aromatic heterocycles. The molecule has 0 heterocycles.